The van der Waals surface area contributed by atoms with Crippen LogP contribution in [0.1, 0.15) is 23.3 Å². The molecule has 6 nitrogen and oxygen atoms in total. The molecule has 1 atom stereocenters. The van der Waals surface area contributed by atoms with Crippen molar-refractivity contribution in [1.29, 1.82) is 0 Å². The lowest BCUT2D eigenvalue weighted by molar-refractivity contribution is 0.117. The average molecular weight is 440 g/mol. The standard InChI is InChI=1S/C22H21N3O3S2/c1-3-16(26-5-1)10-23-22-25(12-17-4-2-6-29-17)11-15-7-14-8-19-20(28-13-27-19)9-18(14)24-21(15)30-22/h2,4,6-9,16H,1,3,5,10-13H2/t16-/m1/s1. The number of fused-ring (bicyclic) bond motifs is 3. The number of thioether (sulfide) groups is 1. The molecule has 5 heterocycles. The molecule has 154 valence electrons. The smallest absolute Gasteiger partial charge is 0.231 e. The van der Waals surface area contributed by atoms with Crippen LogP contribution in [0.3, 0.4) is 0 Å². The van der Waals surface area contributed by atoms with E-state index >= 15 is 0 Å². The fraction of sp³-hybridized carbons (Fsp3) is 0.364. The van der Waals surface area contributed by atoms with E-state index in [0.29, 0.717) is 6.54 Å². The van der Waals surface area contributed by atoms with Gasteiger partial charge in [0, 0.05) is 35.0 Å². The SMILES string of the molecule is c1csc(CN2Cc3cc4cc5c(cc4nc3SC2=NC[C@H]2CCCO2)OCO5)c1. The third-order valence-electron chi connectivity index (χ3n) is 5.55. The van der Waals surface area contributed by atoms with Gasteiger partial charge in [-0.05, 0) is 48.2 Å². The number of hydrogen-bond acceptors (Lipinski definition) is 7. The largest absolute Gasteiger partial charge is 0.454 e. The Kier molecular flexibility index (Phi) is 4.78. The second-order valence-corrected chi connectivity index (χ2v) is 9.63. The number of aliphatic imine (C=N–C) groups is 1. The zero-order chi connectivity index (χ0) is 19.9. The minimum absolute atomic E-state index is 0.243. The zero-order valence-electron chi connectivity index (χ0n) is 16.4. The van der Waals surface area contributed by atoms with Crippen molar-refractivity contribution in [3.05, 3.63) is 46.2 Å². The third kappa shape index (κ3) is 3.53. The van der Waals surface area contributed by atoms with Crippen LogP contribution in [0.25, 0.3) is 10.9 Å². The van der Waals surface area contributed by atoms with Crippen LogP contribution in [0.5, 0.6) is 11.5 Å². The number of nitrogens with zero attached hydrogens (tertiary/aromatic N) is 3. The number of hydrogen-bond donors (Lipinski definition) is 0. The quantitative estimate of drug-likeness (QED) is 0.589. The van der Waals surface area contributed by atoms with E-state index in [9.17, 15) is 0 Å². The lowest BCUT2D eigenvalue weighted by Gasteiger charge is -2.30. The number of aromatic nitrogens is 1. The Morgan fingerprint density at radius 3 is 2.97 bits per heavy atom. The topological polar surface area (TPSA) is 56.2 Å². The molecule has 0 radical (unpaired) electrons. The van der Waals surface area contributed by atoms with E-state index in [1.807, 2.05) is 12.1 Å². The summed E-state index contributed by atoms with van der Waals surface area (Å²) in [7, 11) is 0. The molecule has 0 bridgehead atoms. The summed E-state index contributed by atoms with van der Waals surface area (Å²) in [6, 6.07) is 10.5. The summed E-state index contributed by atoms with van der Waals surface area (Å²) in [5, 5.41) is 5.25. The van der Waals surface area contributed by atoms with Crippen molar-refractivity contribution < 1.29 is 14.2 Å². The molecule has 3 aliphatic heterocycles. The maximum absolute atomic E-state index is 5.78. The molecule has 1 saturated heterocycles. The Bertz CT molecular complexity index is 1110. The maximum atomic E-state index is 5.78. The maximum Gasteiger partial charge on any atom is 0.231 e. The lowest BCUT2D eigenvalue weighted by Crippen LogP contribution is -2.32. The molecule has 0 saturated carbocycles. The van der Waals surface area contributed by atoms with Gasteiger partial charge in [-0.25, -0.2) is 4.98 Å². The van der Waals surface area contributed by atoms with Crippen LogP contribution < -0.4 is 9.47 Å². The van der Waals surface area contributed by atoms with Gasteiger partial charge in [0.25, 0.3) is 0 Å². The number of amidine groups is 1. The average Bonchev–Trinajstić information content (AvgIpc) is 3.51. The molecule has 6 rings (SSSR count). The highest BCUT2D eigenvalue weighted by Gasteiger charge is 2.26. The molecular weight excluding hydrogens is 418 g/mol. The van der Waals surface area contributed by atoms with Gasteiger partial charge in [-0.1, -0.05) is 6.07 Å². The van der Waals surface area contributed by atoms with Crippen molar-refractivity contribution in [2.45, 2.75) is 37.1 Å². The van der Waals surface area contributed by atoms with Gasteiger partial charge >= 0.3 is 0 Å². The fourth-order valence-electron chi connectivity index (χ4n) is 4.03. The van der Waals surface area contributed by atoms with Crippen molar-refractivity contribution in [3.63, 3.8) is 0 Å². The molecule has 0 aliphatic carbocycles. The Morgan fingerprint density at radius 2 is 2.13 bits per heavy atom. The predicted octanol–water partition coefficient (Wildman–Crippen LogP) is 4.67. The normalized spacial score (nSPS) is 21.5. The van der Waals surface area contributed by atoms with Gasteiger partial charge < -0.3 is 19.1 Å². The van der Waals surface area contributed by atoms with Crippen LogP contribution in [-0.4, -0.2) is 41.1 Å². The van der Waals surface area contributed by atoms with Crippen molar-refractivity contribution >= 4 is 39.2 Å². The first kappa shape index (κ1) is 18.5. The Balaban J connectivity index is 1.35. The second kappa shape index (κ2) is 7.76. The molecule has 2 aromatic heterocycles. The summed E-state index contributed by atoms with van der Waals surface area (Å²) < 4.78 is 16.9. The van der Waals surface area contributed by atoms with Crippen LogP contribution in [0.15, 0.2) is 45.7 Å². The number of thiophene rings is 1. The summed E-state index contributed by atoms with van der Waals surface area (Å²) in [5.41, 5.74) is 2.15. The third-order valence-corrected chi connectivity index (χ3v) is 7.53. The molecule has 1 aromatic carbocycles. The van der Waals surface area contributed by atoms with Gasteiger partial charge in [0.2, 0.25) is 6.79 Å². The molecular formula is C22H21N3O3S2. The highest BCUT2D eigenvalue weighted by Crippen LogP contribution is 2.39. The summed E-state index contributed by atoms with van der Waals surface area (Å²) >= 11 is 3.44. The van der Waals surface area contributed by atoms with Gasteiger partial charge in [0.15, 0.2) is 16.7 Å². The number of rotatable bonds is 4. The van der Waals surface area contributed by atoms with E-state index in [0.717, 1.165) is 65.1 Å². The monoisotopic (exact) mass is 439 g/mol. The van der Waals surface area contributed by atoms with Crippen molar-refractivity contribution in [2.24, 2.45) is 4.99 Å². The molecule has 0 spiro atoms. The predicted molar refractivity (Wildman–Crippen MR) is 119 cm³/mol. The first-order valence-corrected chi connectivity index (χ1v) is 11.9. The van der Waals surface area contributed by atoms with Crippen molar-refractivity contribution in [1.82, 2.24) is 9.88 Å². The second-order valence-electron chi connectivity index (χ2n) is 7.65. The molecule has 1 fully saturated rings. The lowest BCUT2D eigenvalue weighted by atomic mass is 10.1. The molecule has 30 heavy (non-hydrogen) atoms. The van der Waals surface area contributed by atoms with E-state index in [4.69, 9.17) is 24.2 Å². The molecule has 0 unspecified atom stereocenters. The minimum Gasteiger partial charge on any atom is -0.454 e. The molecule has 3 aliphatic rings. The molecule has 3 aromatic rings. The Morgan fingerprint density at radius 1 is 1.20 bits per heavy atom. The number of pyridine rings is 1. The van der Waals surface area contributed by atoms with Gasteiger partial charge in [-0.3, -0.25) is 4.99 Å². The minimum atomic E-state index is 0.243. The van der Waals surface area contributed by atoms with Crippen molar-refractivity contribution in [3.8, 4) is 11.5 Å². The molecule has 0 amide bonds. The zero-order valence-corrected chi connectivity index (χ0v) is 18.0. The van der Waals surface area contributed by atoms with E-state index in [2.05, 4.69) is 28.5 Å². The van der Waals surface area contributed by atoms with E-state index in [1.165, 1.54) is 10.4 Å². The summed E-state index contributed by atoms with van der Waals surface area (Å²) in [4.78, 5) is 13.6. The molecule has 0 N–H and O–H groups in total. The van der Waals surface area contributed by atoms with Crippen LogP contribution in [0.2, 0.25) is 0 Å². The van der Waals surface area contributed by atoms with Crippen molar-refractivity contribution in [2.75, 3.05) is 19.9 Å². The Hall–Kier alpha value is -2.29. The van der Waals surface area contributed by atoms with E-state index < -0.39 is 0 Å². The van der Waals surface area contributed by atoms with Crippen LogP contribution in [0, 0.1) is 0 Å². The highest BCUT2D eigenvalue weighted by molar-refractivity contribution is 8.13. The van der Waals surface area contributed by atoms with E-state index in [1.54, 1.807) is 23.1 Å². The van der Waals surface area contributed by atoms with Crippen LogP contribution in [0.4, 0.5) is 0 Å². The van der Waals surface area contributed by atoms with Gasteiger partial charge in [0.1, 0.15) is 5.03 Å². The van der Waals surface area contributed by atoms with Gasteiger partial charge in [0.05, 0.1) is 24.7 Å². The highest BCUT2D eigenvalue weighted by atomic mass is 32.2. The van der Waals surface area contributed by atoms with Crippen LogP contribution in [-0.2, 0) is 17.8 Å². The van der Waals surface area contributed by atoms with Gasteiger partial charge in [-0.2, -0.15) is 0 Å². The summed E-state index contributed by atoms with van der Waals surface area (Å²) in [6.45, 7) is 3.49. The Labute approximate surface area is 182 Å². The summed E-state index contributed by atoms with van der Waals surface area (Å²) in [5.74, 6) is 1.56. The molecule has 8 heteroatoms. The summed E-state index contributed by atoms with van der Waals surface area (Å²) in [6.07, 6.45) is 2.47. The number of benzene rings is 1. The van der Waals surface area contributed by atoms with Crippen LogP contribution >= 0.6 is 23.1 Å². The first-order valence-electron chi connectivity index (χ1n) is 10.2. The fourth-order valence-corrected chi connectivity index (χ4v) is 5.72. The van der Waals surface area contributed by atoms with Gasteiger partial charge in [-0.15, -0.1) is 11.3 Å². The van der Waals surface area contributed by atoms with E-state index in [-0.39, 0.29) is 12.9 Å². The first-order chi connectivity index (χ1) is 14.8. The number of ether oxygens (including phenoxy) is 3.